The van der Waals surface area contributed by atoms with Gasteiger partial charge < -0.3 is 20.4 Å². The molecule has 25 heavy (non-hydrogen) atoms. The Morgan fingerprint density at radius 2 is 1.84 bits per heavy atom. The third-order valence-corrected chi connectivity index (χ3v) is 3.74. The normalized spacial score (nSPS) is 13.7. The number of hydrogen-bond donors (Lipinski definition) is 3. The highest BCUT2D eigenvalue weighted by atomic mass is 16.6. The maximum atomic E-state index is 12.2. The largest absolute Gasteiger partial charge is 0.444 e. The average molecular weight is 345 g/mol. The van der Waals surface area contributed by atoms with Crippen LogP contribution in [0.3, 0.4) is 0 Å². The van der Waals surface area contributed by atoms with Gasteiger partial charge in [0.2, 0.25) is 0 Å². The van der Waals surface area contributed by atoms with Crippen LogP contribution in [0.1, 0.15) is 47.1 Å². The molecule has 0 saturated heterocycles. The molecule has 1 aromatic carbocycles. The summed E-state index contributed by atoms with van der Waals surface area (Å²) >= 11 is 0. The van der Waals surface area contributed by atoms with Crippen LogP contribution in [0.15, 0.2) is 30.5 Å². The Kier molecular flexibility index (Phi) is 5.78. The Bertz CT molecular complexity index is 708. The van der Waals surface area contributed by atoms with Gasteiger partial charge in [0.15, 0.2) is 0 Å². The predicted molar refractivity (Wildman–Crippen MR) is 103 cm³/mol. The molecule has 0 aliphatic heterocycles. The van der Waals surface area contributed by atoms with Crippen LogP contribution in [0.2, 0.25) is 0 Å². The summed E-state index contributed by atoms with van der Waals surface area (Å²) in [7, 11) is 0. The number of carbonyl (C=O) groups excluding carboxylic acids is 1. The number of alkyl carbamates (subject to hydrolysis) is 1. The monoisotopic (exact) mass is 345 g/mol. The van der Waals surface area contributed by atoms with E-state index in [1.807, 2.05) is 39.1 Å². The maximum Gasteiger partial charge on any atom is 0.407 e. The summed E-state index contributed by atoms with van der Waals surface area (Å²) in [6, 6.07) is 8.14. The number of aromatic nitrogens is 1. The number of hydrogen-bond acceptors (Lipinski definition) is 3. The molecule has 138 valence electrons. The lowest BCUT2D eigenvalue weighted by atomic mass is 10.0. The second-order valence-electron chi connectivity index (χ2n) is 8.54. The first kappa shape index (κ1) is 19.3. The van der Waals surface area contributed by atoms with E-state index < -0.39 is 5.60 Å². The topological polar surface area (TPSA) is 66.2 Å². The summed E-state index contributed by atoms with van der Waals surface area (Å²) in [5.74, 6) is 0. The van der Waals surface area contributed by atoms with Gasteiger partial charge in [-0.2, -0.15) is 0 Å². The number of H-pyrrole nitrogens is 1. The number of amides is 1. The van der Waals surface area contributed by atoms with Gasteiger partial charge in [0.25, 0.3) is 0 Å². The molecule has 0 fully saturated rings. The van der Waals surface area contributed by atoms with Crippen molar-refractivity contribution in [1.29, 1.82) is 0 Å². The van der Waals surface area contributed by atoms with E-state index >= 15 is 0 Å². The number of aromatic amines is 1. The van der Waals surface area contributed by atoms with Crippen molar-refractivity contribution in [3.8, 4) is 0 Å². The fraction of sp³-hybridized carbons (Fsp3) is 0.550. The van der Waals surface area contributed by atoms with Crippen LogP contribution < -0.4 is 10.6 Å². The quantitative estimate of drug-likeness (QED) is 0.767. The van der Waals surface area contributed by atoms with E-state index in [1.165, 1.54) is 10.9 Å². The Morgan fingerprint density at radius 3 is 2.48 bits per heavy atom. The van der Waals surface area contributed by atoms with Crippen molar-refractivity contribution in [3.63, 3.8) is 0 Å². The van der Waals surface area contributed by atoms with Crippen LogP contribution in [-0.4, -0.2) is 34.8 Å². The molecule has 0 spiro atoms. The maximum absolute atomic E-state index is 12.2. The molecular formula is C20H31N3O2. The van der Waals surface area contributed by atoms with Crippen LogP contribution in [0.5, 0.6) is 0 Å². The number of rotatable bonds is 5. The summed E-state index contributed by atoms with van der Waals surface area (Å²) in [6.07, 6.45) is 2.37. The van der Waals surface area contributed by atoms with Crippen molar-refractivity contribution < 1.29 is 9.53 Å². The van der Waals surface area contributed by atoms with Crippen molar-refractivity contribution in [2.45, 2.75) is 65.1 Å². The molecule has 1 heterocycles. The van der Waals surface area contributed by atoms with Crippen molar-refractivity contribution in [2.24, 2.45) is 0 Å². The van der Waals surface area contributed by atoms with E-state index in [1.54, 1.807) is 0 Å². The zero-order valence-corrected chi connectivity index (χ0v) is 16.2. The molecule has 1 atom stereocenters. The molecule has 1 unspecified atom stereocenters. The Hall–Kier alpha value is -2.01. The minimum atomic E-state index is -0.507. The van der Waals surface area contributed by atoms with Gasteiger partial charge in [0.1, 0.15) is 5.60 Å². The molecule has 5 heteroatoms. The van der Waals surface area contributed by atoms with Crippen LogP contribution in [0, 0.1) is 0 Å². The lowest BCUT2D eigenvalue weighted by Crippen LogP contribution is -2.49. The van der Waals surface area contributed by atoms with E-state index in [0.717, 1.165) is 11.9 Å². The third-order valence-electron chi connectivity index (χ3n) is 3.74. The van der Waals surface area contributed by atoms with Gasteiger partial charge in [0, 0.05) is 35.2 Å². The lowest BCUT2D eigenvalue weighted by molar-refractivity contribution is 0.0502. The molecule has 5 nitrogen and oxygen atoms in total. The van der Waals surface area contributed by atoms with Crippen LogP contribution in [-0.2, 0) is 11.2 Å². The number of ether oxygens (including phenoxy) is 1. The molecule has 2 rings (SSSR count). The van der Waals surface area contributed by atoms with Crippen molar-refractivity contribution >= 4 is 17.0 Å². The molecule has 2 aromatic rings. The SMILES string of the molecule is CC(C)(C)NCC(Cc1c[nH]c2ccccc12)NC(=O)OC(C)(C)C. The number of nitrogens with one attached hydrogen (secondary N) is 3. The van der Waals surface area contributed by atoms with E-state index in [9.17, 15) is 4.79 Å². The third kappa shape index (κ3) is 6.42. The van der Waals surface area contributed by atoms with Gasteiger partial charge in [-0.05, 0) is 59.6 Å². The first-order chi connectivity index (χ1) is 11.5. The molecule has 0 bridgehead atoms. The highest BCUT2D eigenvalue weighted by molar-refractivity contribution is 5.83. The van der Waals surface area contributed by atoms with Gasteiger partial charge in [0.05, 0.1) is 0 Å². The first-order valence-electron chi connectivity index (χ1n) is 8.83. The molecule has 0 aliphatic rings. The molecular weight excluding hydrogens is 314 g/mol. The first-order valence-corrected chi connectivity index (χ1v) is 8.83. The Morgan fingerprint density at radius 1 is 1.16 bits per heavy atom. The van der Waals surface area contributed by atoms with E-state index in [4.69, 9.17) is 4.74 Å². The second kappa shape index (κ2) is 7.48. The van der Waals surface area contributed by atoms with Crippen LogP contribution >= 0.6 is 0 Å². The van der Waals surface area contributed by atoms with E-state index in [0.29, 0.717) is 6.54 Å². The summed E-state index contributed by atoms with van der Waals surface area (Å²) < 4.78 is 5.42. The minimum absolute atomic E-state index is 0.0198. The predicted octanol–water partition coefficient (Wildman–Crippen LogP) is 3.99. The second-order valence-corrected chi connectivity index (χ2v) is 8.54. The van der Waals surface area contributed by atoms with Crippen molar-refractivity contribution in [2.75, 3.05) is 6.54 Å². The average Bonchev–Trinajstić information content (AvgIpc) is 2.85. The number of benzene rings is 1. The van der Waals surface area contributed by atoms with Crippen LogP contribution in [0.4, 0.5) is 4.79 Å². The standard InChI is InChI=1S/C20H31N3O2/c1-19(2,3)22-13-15(23-18(24)25-20(4,5)6)11-14-12-21-17-10-8-7-9-16(14)17/h7-10,12,15,21-22H,11,13H2,1-6H3,(H,23,24). The van der Waals surface area contributed by atoms with Crippen LogP contribution in [0.25, 0.3) is 10.9 Å². The van der Waals surface area contributed by atoms with E-state index in [2.05, 4.69) is 48.5 Å². The van der Waals surface area contributed by atoms with Gasteiger partial charge in [-0.25, -0.2) is 4.79 Å². The van der Waals surface area contributed by atoms with Gasteiger partial charge in [-0.1, -0.05) is 18.2 Å². The molecule has 1 amide bonds. The fourth-order valence-electron chi connectivity index (χ4n) is 2.64. The molecule has 0 aliphatic carbocycles. The summed E-state index contributed by atoms with van der Waals surface area (Å²) in [4.78, 5) is 15.5. The van der Waals surface area contributed by atoms with Crippen molar-refractivity contribution in [3.05, 3.63) is 36.0 Å². The molecule has 0 radical (unpaired) electrons. The van der Waals surface area contributed by atoms with Gasteiger partial charge >= 0.3 is 6.09 Å². The van der Waals surface area contributed by atoms with Gasteiger partial charge in [-0.3, -0.25) is 0 Å². The lowest BCUT2D eigenvalue weighted by Gasteiger charge is -2.27. The Labute approximate surface area is 150 Å². The number of para-hydroxylation sites is 1. The highest BCUT2D eigenvalue weighted by Gasteiger charge is 2.22. The van der Waals surface area contributed by atoms with E-state index in [-0.39, 0.29) is 17.7 Å². The summed E-state index contributed by atoms with van der Waals surface area (Å²) in [5, 5.41) is 7.67. The number of carbonyl (C=O) groups is 1. The summed E-state index contributed by atoms with van der Waals surface area (Å²) in [6.45, 7) is 12.6. The Balaban J connectivity index is 2.12. The van der Waals surface area contributed by atoms with Gasteiger partial charge in [-0.15, -0.1) is 0 Å². The number of fused-ring (bicyclic) bond motifs is 1. The molecule has 3 N–H and O–H groups in total. The van der Waals surface area contributed by atoms with Crippen molar-refractivity contribution in [1.82, 2.24) is 15.6 Å². The molecule has 0 saturated carbocycles. The zero-order valence-electron chi connectivity index (χ0n) is 16.2. The fourth-order valence-corrected chi connectivity index (χ4v) is 2.64. The smallest absolute Gasteiger partial charge is 0.407 e. The summed E-state index contributed by atoms with van der Waals surface area (Å²) in [5.41, 5.74) is 1.77. The highest BCUT2D eigenvalue weighted by Crippen LogP contribution is 2.19. The zero-order chi connectivity index (χ0) is 18.7. The molecule has 1 aromatic heterocycles. The minimum Gasteiger partial charge on any atom is -0.444 e.